The number of aromatic nitrogens is 1. The number of ether oxygens (including phenoxy) is 1. The lowest BCUT2D eigenvalue weighted by molar-refractivity contribution is -0.155. The fourth-order valence-corrected chi connectivity index (χ4v) is 6.16. The zero-order valence-electron chi connectivity index (χ0n) is 22.1. The second-order valence-corrected chi connectivity index (χ2v) is 12.5. The van der Waals surface area contributed by atoms with Crippen molar-refractivity contribution in [2.24, 2.45) is 29.1 Å². The monoisotopic (exact) mass is 505 g/mol. The number of nitrogens with zero attached hydrogens (tertiary/aromatic N) is 1. The molecule has 0 bridgehead atoms. The number of hydrogen-bond donors (Lipinski definition) is 2. The van der Waals surface area contributed by atoms with Crippen LogP contribution in [0.5, 0.6) is 0 Å². The maximum atomic E-state index is 13.2. The first-order valence-electron chi connectivity index (χ1n) is 13.1. The van der Waals surface area contributed by atoms with Gasteiger partial charge in [0.05, 0.1) is 34.7 Å². The highest BCUT2D eigenvalue weighted by Crippen LogP contribution is 2.43. The summed E-state index contributed by atoms with van der Waals surface area (Å²) in [6.45, 7) is 11.0. The Labute approximate surface area is 214 Å². The zero-order chi connectivity index (χ0) is 25.9. The molecule has 0 unspecified atom stereocenters. The van der Waals surface area contributed by atoms with Crippen molar-refractivity contribution in [3.63, 3.8) is 0 Å². The lowest BCUT2D eigenvalue weighted by Gasteiger charge is -2.40. The minimum atomic E-state index is -1.19. The molecule has 0 radical (unpaired) electrons. The molecule has 7 heteroatoms. The molecule has 1 aromatic heterocycles. The van der Waals surface area contributed by atoms with Gasteiger partial charge in [0.1, 0.15) is 11.9 Å². The van der Waals surface area contributed by atoms with E-state index >= 15 is 0 Å². The second kappa shape index (κ2) is 11.7. The van der Waals surface area contributed by atoms with Crippen LogP contribution >= 0.6 is 11.3 Å². The van der Waals surface area contributed by atoms with Gasteiger partial charge in [-0.25, -0.2) is 4.98 Å². The van der Waals surface area contributed by atoms with Crippen LogP contribution in [0.3, 0.4) is 0 Å². The molecular formula is C28H43NO5S. The quantitative estimate of drug-likeness (QED) is 0.526. The summed E-state index contributed by atoms with van der Waals surface area (Å²) >= 11 is 1.59. The van der Waals surface area contributed by atoms with Crippen molar-refractivity contribution in [2.45, 2.75) is 105 Å². The highest BCUT2D eigenvalue weighted by Gasteiger charge is 2.43. The van der Waals surface area contributed by atoms with Crippen molar-refractivity contribution in [2.75, 3.05) is 0 Å². The van der Waals surface area contributed by atoms with Gasteiger partial charge in [0, 0.05) is 11.3 Å². The molecule has 2 heterocycles. The molecule has 1 saturated heterocycles. The Balaban J connectivity index is 1.84. The van der Waals surface area contributed by atoms with Gasteiger partial charge in [0.2, 0.25) is 0 Å². The average Bonchev–Trinajstić information content (AvgIpc) is 3.20. The number of aryl methyl sites for hydroxylation is 1. The maximum absolute atomic E-state index is 13.2. The SMILES string of the molecule is C/C(=C\c1csc(C)n1)[C@@H]1C[C@@H]2CC[C@@H]2CCC[C@H](C)[C@H](O)[C@@H](C)C(=O)C(C)(C)[C@@H](O)CC(=O)O1. The van der Waals surface area contributed by atoms with E-state index in [9.17, 15) is 19.8 Å². The molecule has 1 aliphatic heterocycles. The van der Waals surface area contributed by atoms with Gasteiger partial charge in [-0.05, 0) is 68.9 Å². The standard InChI is InChI=1S/C28H43NO5S/c1-16-8-7-9-20-10-11-21(20)13-23(17(2)12-22-15-35-19(4)29-22)34-25(31)14-24(30)28(5,6)27(33)18(3)26(16)32/h12,15-16,18,20-21,23-24,26,30,32H,7-11,13-14H2,1-6H3/b17-12+/t16-,18+,20-,21-,23-,24-,26-/m0/s1. The van der Waals surface area contributed by atoms with Crippen molar-refractivity contribution < 1.29 is 24.5 Å². The van der Waals surface area contributed by atoms with E-state index in [1.54, 1.807) is 32.1 Å². The largest absolute Gasteiger partial charge is 0.458 e. The lowest BCUT2D eigenvalue weighted by atomic mass is 9.68. The Hall–Kier alpha value is -1.57. The fraction of sp³-hybridized carbons (Fsp3) is 0.750. The van der Waals surface area contributed by atoms with Crippen LogP contribution < -0.4 is 0 Å². The predicted molar refractivity (Wildman–Crippen MR) is 139 cm³/mol. The van der Waals surface area contributed by atoms with Gasteiger partial charge in [0.25, 0.3) is 0 Å². The van der Waals surface area contributed by atoms with Crippen LogP contribution in [0.2, 0.25) is 0 Å². The molecule has 35 heavy (non-hydrogen) atoms. The van der Waals surface area contributed by atoms with Gasteiger partial charge in [-0.15, -0.1) is 11.3 Å². The molecule has 6 nitrogen and oxygen atoms in total. The molecule has 1 saturated carbocycles. The molecule has 196 valence electrons. The van der Waals surface area contributed by atoms with Crippen LogP contribution in [0.25, 0.3) is 6.08 Å². The molecule has 2 aliphatic rings. The summed E-state index contributed by atoms with van der Waals surface area (Å²) < 4.78 is 5.96. The van der Waals surface area contributed by atoms with Crippen molar-refractivity contribution >= 4 is 29.2 Å². The number of thiazole rings is 1. The Morgan fingerprint density at radius 1 is 1.14 bits per heavy atom. The number of rotatable bonds is 2. The van der Waals surface area contributed by atoms with E-state index in [2.05, 4.69) is 4.98 Å². The number of aliphatic hydroxyl groups is 2. The number of fused-ring (bicyclic) bond motifs is 1. The molecule has 1 aliphatic carbocycles. The Morgan fingerprint density at radius 2 is 1.83 bits per heavy atom. The first-order valence-corrected chi connectivity index (χ1v) is 14.0. The average molecular weight is 506 g/mol. The number of ketones is 1. The minimum absolute atomic E-state index is 0.00205. The molecule has 3 rings (SSSR count). The van der Waals surface area contributed by atoms with Gasteiger partial charge in [-0.3, -0.25) is 9.59 Å². The Morgan fingerprint density at radius 3 is 2.43 bits per heavy atom. The van der Waals surface area contributed by atoms with Gasteiger partial charge < -0.3 is 14.9 Å². The van der Waals surface area contributed by atoms with Crippen molar-refractivity contribution in [3.05, 3.63) is 21.7 Å². The van der Waals surface area contributed by atoms with Crippen LogP contribution in [0.15, 0.2) is 11.0 Å². The second-order valence-electron chi connectivity index (χ2n) is 11.5. The Kier molecular flexibility index (Phi) is 9.33. The summed E-state index contributed by atoms with van der Waals surface area (Å²) in [7, 11) is 0. The topological polar surface area (TPSA) is 96.7 Å². The van der Waals surface area contributed by atoms with E-state index in [0.717, 1.165) is 48.4 Å². The number of esters is 1. The first kappa shape index (κ1) is 28.0. The van der Waals surface area contributed by atoms with Crippen LogP contribution in [-0.2, 0) is 14.3 Å². The van der Waals surface area contributed by atoms with E-state index in [1.807, 2.05) is 32.2 Å². The highest BCUT2D eigenvalue weighted by atomic mass is 32.1. The summed E-state index contributed by atoms with van der Waals surface area (Å²) in [5, 5.41) is 24.7. The summed E-state index contributed by atoms with van der Waals surface area (Å²) in [5.41, 5.74) is 0.644. The van der Waals surface area contributed by atoms with Crippen molar-refractivity contribution in [3.8, 4) is 0 Å². The van der Waals surface area contributed by atoms with Crippen LogP contribution in [-0.4, -0.2) is 45.3 Å². The van der Waals surface area contributed by atoms with Crippen LogP contribution in [0, 0.1) is 36.0 Å². The minimum Gasteiger partial charge on any atom is -0.458 e. The number of carbonyl (C=O) groups excluding carboxylic acids is 2. The van der Waals surface area contributed by atoms with E-state index < -0.39 is 29.5 Å². The third kappa shape index (κ3) is 6.80. The number of Topliss-reactive ketones (excluding diaryl/α,β-unsaturated/α-hetero) is 1. The number of aliphatic hydroxyl groups excluding tert-OH is 2. The fourth-order valence-electron chi connectivity index (χ4n) is 5.59. The number of carbonyl (C=O) groups is 2. The van der Waals surface area contributed by atoms with Gasteiger partial charge >= 0.3 is 5.97 Å². The molecule has 0 spiro atoms. The van der Waals surface area contributed by atoms with Crippen molar-refractivity contribution in [1.82, 2.24) is 4.98 Å². The zero-order valence-corrected chi connectivity index (χ0v) is 22.9. The predicted octanol–water partition coefficient (Wildman–Crippen LogP) is 5.35. The normalized spacial score (nSPS) is 35.7. The van der Waals surface area contributed by atoms with E-state index in [4.69, 9.17) is 4.74 Å². The van der Waals surface area contributed by atoms with Gasteiger partial charge in [-0.1, -0.05) is 40.5 Å². The summed E-state index contributed by atoms with van der Waals surface area (Å²) in [5.74, 6) is -0.271. The molecule has 0 amide bonds. The maximum Gasteiger partial charge on any atom is 0.309 e. The lowest BCUT2D eigenvalue weighted by Crippen LogP contribution is -2.46. The molecule has 1 aromatic rings. The summed E-state index contributed by atoms with van der Waals surface area (Å²) in [6.07, 6.45) is 5.41. The molecule has 2 N–H and O–H groups in total. The molecule has 2 fully saturated rings. The number of cyclic esters (lactones) is 1. The molecular weight excluding hydrogens is 462 g/mol. The highest BCUT2D eigenvalue weighted by molar-refractivity contribution is 7.09. The van der Waals surface area contributed by atoms with Gasteiger partial charge in [-0.2, -0.15) is 0 Å². The van der Waals surface area contributed by atoms with Crippen LogP contribution in [0.1, 0.15) is 90.3 Å². The summed E-state index contributed by atoms with van der Waals surface area (Å²) in [6, 6.07) is 0. The Bertz CT molecular complexity index is 922. The molecule has 0 aromatic carbocycles. The number of hydrogen-bond acceptors (Lipinski definition) is 7. The third-order valence-electron chi connectivity index (χ3n) is 8.46. The molecule has 7 atom stereocenters. The van der Waals surface area contributed by atoms with Gasteiger partial charge in [0.15, 0.2) is 0 Å². The first-order chi connectivity index (χ1) is 16.4. The third-order valence-corrected chi connectivity index (χ3v) is 9.25. The van der Waals surface area contributed by atoms with E-state index in [-0.39, 0.29) is 24.2 Å². The summed E-state index contributed by atoms with van der Waals surface area (Å²) in [4.78, 5) is 30.7. The van der Waals surface area contributed by atoms with E-state index in [0.29, 0.717) is 11.8 Å². The van der Waals surface area contributed by atoms with Crippen LogP contribution in [0.4, 0.5) is 0 Å². The van der Waals surface area contributed by atoms with Crippen molar-refractivity contribution in [1.29, 1.82) is 0 Å². The van der Waals surface area contributed by atoms with E-state index in [1.165, 1.54) is 6.42 Å². The smallest absolute Gasteiger partial charge is 0.309 e.